The first kappa shape index (κ1) is 16.0. The molecule has 1 rings (SSSR count). The van der Waals surface area contributed by atoms with Crippen molar-refractivity contribution in [3.05, 3.63) is 35.4 Å². The number of hydrogen-bond donors (Lipinski definition) is 1. The standard InChI is InChI=1S/C13H14F3NO3/c1-2-20-12(19)8-17-11(18)7-9-4-3-5-10(6-9)13(14,15)16/h3-6H,2,7-8H2,1H3,(H,17,18). The van der Waals surface area contributed by atoms with Gasteiger partial charge in [-0.15, -0.1) is 0 Å². The second-order valence-electron chi connectivity index (χ2n) is 3.96. The summed E-state index contributed by atoms with van der Waals surface area (Å²) in [5, 5.41) is 2.28. The summed E-state index contributed by atoms with van der Waals surface area (Å²) in [6, 6.07) is 4.49. The molecule has 0 aromatic heterocycles. The molecule has 0 aliphatic heterocycles. The largest absolute Gasteiger partial charge is 0.465 e. The second-order valence-corrected chi connectivity index (χ2v) is 3.96. The van der Waals surface area contributed by atoms with Gasteiger partial charge >= 0.3 is 12.1 Å². The molecule has 0 bridgehead atoms. The van der Waals surface area contributed by atoms with Crippen LogP contribution in [0.1, 0.15) is 18.1 Å². The highest BCUT2D eigenvalue weighted by atomic mass is 19.4. The number of nitrogens with one attached hydrogen (secondary N) is 1. The van der Waals surface area contributed by atoms with E-state index < -0.39 is 23.6 Å². The number of halogens is 3. The quantitative estimate of drug-likeness (QED) is 0.843. The normalized spacial score (nSPS) is 11.0. The minimum atomic E-state index is -4.45. The first-order chi connectivity index (χ1) is 9.32. The summed E-state index contributed by atoms with van der Waals surface area (Å²) < 4.78 is 42.1. The third-order valence-electron chi connectivity index (χ3n) is 2.35. The summed E-state index contributed by atoms with van der Waals surface area (Å²) in [6.07, 6.45) is -4.68. The molecule has 0 atom stereocenters. The van der Waals surface area contributed by atoms with Gasteiger partial charge in [-0.1, -0.05) is 18.2 Å². The van der Waals surface area contributed by atoms with Crippen molar-refractivity contribution in [2.24, 2.45) is 0 Å². The number of carbonyl (C=O) groups is 2. The Morgan fingerprint density at radius 1 is 1.30 bits per heavy atom. The molecule has 0 aliphatic carbocycles. The molecule has 20 heavy (non-hydrogen) atoms. The summed E-state index contributed by atoms with van der Waals surface area (Å²) >= 11 is 0. The van der Waals surface area contributed by atoms with E-state index in [9.17, 15) is 22.8 Å². The van der Waals surface area contributed by atoms with E-state index in [0.29, 0.717) is 0 Å². The first-order valence-electron chi connectivity index (χ1n) is 5.91. The van der Waals surface area contributed by atoms with Crippen LogP contribution in [-0.2, 0) is 26.9 Å². The van der Waals surface area contributed by atoms with Crippen molar-refractivity contribution in [1.82, 2.24) is 5.32 Å². The zero-order chi connectivity index (χ0) is 15.2. The summed E-state index contributed by atoms with van der Waals surface area (Å²) in [5.41, 5.74) is -0.589. The van der Waals surface area contributed by atoms with Gasteiger partial charge in [-0.05, 0) is 18.6 Å². The van der Waals surface area contributed by atoms with Gasteiger partial charge in [0, 0.05) is 0 Å². The van der Waals surface area contributed by atoms with Crippen molar-refractivity contribution in [2.75, 3.05) is 13.2 Å². The Balaban J connectivity index is 2.56. The number of alkyl halides is 3. The zero-order valence-corrected chi connectivity index (χ0v) is 10.8. The minimum Gasteiger partial charge on any atom is -0.465 e. The van der Waals surface area contributed by atoms with Crippen LogP contribution in [0.4, 0.5) is 13.2 Å². The number of carbonyl (C=O) groups excluding carboxylic acids is 2. The predicted octanol–water partition coefficient (Wildman–Crippen LogP) is 1.93. The molecule has 0 aliphatic rings. The maximum absolute atomic E-state index is 12.5. The molecule has 1 aromatic rings. The highest BCUT2D eigenvalue weighted by Gasteiger charge is 2.30. The van der Waals surface area contributed by atoms with Gasteiger partial charge in [0.25, 0.3) is 0 Å². The lowest BCUT2D eigenvalue weighted by Gasteiger charge is -2.09. The number of amides is 1. The highest BCUT2D eigenvalue weighted by Crippen LogP contribution is 2.29. The average Bonchev–Trinajstić information content (AvgIpc) is 2.36. The van der Waals surface area contributed by atoms with E-state index in [1.807, 2.05) is 0 Å². The molecule has 1 N–H and O–H groups in total. The van der Waals surface area contributed by atoms with E-state index in [0.717, 1.165) is 12.1 Å². The van der Waals surface area contributed by atoms with Crippen molar-refractivity contribution >= 4 is 11.9 Å². The van der Waals surface area contributed by atoms with Crippen LogP contribution in [0.2, 0.25) is 0 Å². The number of esters is 1. The van der Waals surface area contributed by atoms with Crippen LogP contribution in [-0.4, -0.2) is 25.0 Å². The first-order valence-corrected chi connectivity index (χ1v) is 5.91. The number of hydrogen-bond acceptors (Lipinski definition) is 3. The lowest BCUT2D eigenvalue weighted by atomic mass is 10.1. The van der Waals surface area contributed by atoms with Crippen LogP contribution >= 0.6 is 0 Å². The summed E-state index contributed by atoms with van der Waals surface area (Å²) in [7, 11) is 0. The SMILES string of the molecule is CCOC(=O)CNC(=O)Cc1cccc(C(F)(F)F)c1. The van der Waals surface area contributed by atoms with Crippen LogP contribution in [0.15, 0.2) is 24.3 Å². The molecule has 0 fully saturated rings. The minimum absolute atomic E-state index is 0.197. The second kappa shape index (κ2) is 6.93. The van der Waals surface area contributed by atoms with Gasteiger partial charge in [-0.2, -0.15) is 13.2 Å². The van der Waals surface area contributed by atoms with Gasteiger partial charge in [-0.25, -0.2) is 0 Å². The van der Waals surface area contributed by atoms with E-state index in [-0.39, 0.29) is 25.1 Å². The molecule has 1 aromatic carbocycles. The fraction of sp³-hybridized carbons (Fsp3) is 0.385. The maximum atomic E-state index is 12.5. The zero-order valence-electron chi connectivity index (χ0n) is 10.8. The van der Waals surface area contributed by atoms with Gasteiger partial charge in [0.05, 0.1) is 18.6 Å². The Kier molecular flexibility index (Phi) is 5.54. The molecular formula is C13H14F3NO3. The van der Waals surface area contributed by atoms with Gasteiger partial charge in [0.15, 0.2) is 0 Å². The lowest BCUT2D eigenvalue weighted by molar-refractivity contribution is -0.143. The van der Waals surface area contributed by atoms with Crippen molar-refractivity contribution in [2.45, 2.75) is 19.5 Å². The van der Waals surface area contributed by atoms with Gasteiger partial charge in [0.2, 0.25) is 5.91 Å². The van der Waals surface area contributed by atoms with Crippen molar-refractivity contribution in [3.63, 3.8) is 0 Å². The van der Waals surface area contributed by atoms with Crippen LogP contribution in [0, 0.1) is 0 Å². The predicted molar refractivity (Wildman–Crippen MR) is 64.8 cm³/mol. The fourth-order valence-electron chi connectivity index (χ4n) is 1.49. The number of ether oxygens (including phenoxy) is 1. The van der Waals surface area contributed by atoms with Crippen LogP contribution in [0.3, 0.4) is 0 Å². The van der Waals surface area contributed by atoms with Crippen molar-refractivity contribution in [3.8, 4) is 0 Å². The Morgan fingerprint density at radius 2 is 2.00 bits per heavy atom. The Bertz CT molecular complexity index is 486. The molecule has 0 unspecified atom stereocenters. The van der Waals surface area contributed by atoms with E-state index >= 15 is 0 Å². The molecular weight excluding hydrogens is 275 g/mol. The molecule has 7 heteroatoms. The van der Waals surface area contributed by atoms with Crippen molar-refractivity contribution in [1.29, 1.82) is 0 Å². The van der Waals surface area contributed by atoms with Gasteiger partial charge < -0.3 is 10.1 Å². The average molecular weight is 289 g/mol. The monoisotopic (exact) mass is 289 g/mol. The van der Waals surface area contributed by atoms with Crippen LogP contribution in [0.5, 0.6) is 0 Å². The third kappa shape index (κ3) is 5.29. The summed E-state index contributed by atoms with van der Waals surface area (Å²) in [5.74, 6) is -1.14. The van der Waals surface area contributed by atoms with E-state index in [4.69, 9.17) is 0 Å². The van der Waals surface area contributed by atoms with E-state index in [2.05, 4.69) is 10.1 Å². The molecule has 0 saturated heterocycles. The molecule has 4 nitrogen and oxygen atoms in total. The Hall–Kier alpha value is -2.05. The Labute approximate surface area is 113 Å². The molecule has 1 amide bonds. The summed E-state index contributed by atoms with van der Waals surface area (Å²) in [4.78, 5) is 22.5. The number of benzene rings is 1. The van der Waals surface area contributed by atoms with Gasteiger partial charge in [-0.3, -0.25) is 9.59 Å². The van der Waals surface area contributed by atoms with Crippen molar-refractivity contribution < 1.29 is 27.5 Å². The topological polar surface area (TPSA) is 55.4 Å². The van der Waals surface area contributed by atoms with Gasteiger partial charge in [0.1, 0.15) is 6.54 Å². The molecule has 0 saturated carbocycles. The van der Waals surface area contributed by atoms with Crippen LogP contribution in [0.25, 0.3) is 0 Å². The molecule has 0 radical (unpaired) electrons. The maximum Gasteiger partial charge on any atom is 0.416 e. The summed E-state index contributed by atoms with van der Waals surface area (Å²) in [6.45, 7) is 1.52. The number of rotatable bonds is 5. The lowest BCUT2D eigenvalue weighted by Crippen LogP contribution is -2.31. The molecule has 110 valence electrons. The van der Waals surface area contributed by atoms with E-state index in [1.165, 1.54) is 12.1 Å². The van der Waals surface area contributed by atoms with Crippen LogP contribution < -0.4 is 5.32 Å². The third-order valence-corrected chi connectivity index (χ3v) is 2.35. The Morgan fingerprint density at radius 3 is 2.60 bits per heavy atom. The highest BCUT2D eigenvalue weighted by molar-refractivity contribution is 5.83. The molecule has 0 spiro atoms. The molecule has 0 heterocycles. The fourth-order valence-corrected chi connectivity index (χ4v) is 1.49. The van der Waals surface area contributed by atoms with E-state index in [1.54, 1.807) is 6.92 Å². The smallest absolute Gasteiger partial charge is 0.416 e.